The summed E-state index contributed by atoms with van der Waals surface area (Å²) < 4.78 is 5.04. The minimum Gasteiger partial charge on any atom is -0.507 e. The van der Waals surface area contributed by atoms with Crippen molar-refractivity contribution >= 4 is 11.6 Å². The molecule has 0 spiro atoms. The zero-order valence-electron chi connectivity index (χ0n) is 14.8. The number of tetrazole rings is 1. The summed E-state index contributed by atoms with van der Waals surface area (Å²) in [5.41, 5.74) is 4.16. The predicted molar refractivity (Wildman–Crippen MR) is 98.3 cm³/mol. The lowest BCUT2D eigenvalue weighted by atomic mass is 10.1. The lowest BCUT2D eigenvalue weighted by Crippen LogP contribution is -2.25. The monoisotopic (exact) mass is 366 g/mol. The van der Waals surface area contributed by atoms with Crippen molar-refractivity contribution in [3.63, 3.8) is 0 Å². The first-order valence-electron chi connectivity index (χ1n) is 8.10. The Morgan fingerprint density at radius 3 is 2.74 bits per heavy atom. The Hall–Kier alpha value is -3.75. The number of nitrogens with zero attached hydrogens (tertiary/aromatic N) is 5. The zero-order chi connectivity index (χ0) is 19.2. The van der Waals surface area contributed by atoms with Crippen LogP contribution in [-0.2, 0) is 11.3 Å². The number of amides is 1. The SMILES string of the molecule is COc1ccc(C(C)=NNC(=O)Cn2nnc(-c3ccccc3)n2)c(O)c1. The molecule has 2 aromatic carbocycles. The number of phenols is 1. The molecule has 1 amide bonds. The number of hydrazone groups is 1. The molecule has 27 heavy (non-hydrogen) atoms. The van der Waals surface area contributed by atoms with E-state index in [9.17, 15) is 9.90 Å². The van der Waals surface area contributed by atoms with Crippen molar-refractivity contribution in [2.75, 3.05) is 7.11 Å². The van der Waals surface area contributed by atoms with Gasteiger partial charge in [-0.05, 0) is 24.3 Å². The minimum absolute atomic E-state index is 0.00953. The third-order valence-corrected chi connectivity index (χ3v) is 3.71. The normalized spacial score (nSPS) is 11.3. The molecule has 0 aliphatic carbocycles. The Bertz CT molecular complexity index is 968. The van der Waals surface area contributed by atoms with Crippen LogP contribution in [0.3, 0.4) is 0 Å². The van der Waals surface area contributed by atoms with Crippen molar-refractivity contribution in [1.29, 1.82) is 0 Å². The first-order chi connectivity index (χ1) is 13.1. The molecule has 3 rings (SSSR count). The van der Waals surface area contributed by atoms with E-state index >= 15 is 0 Å². The highest BCUT2D eigenvalue weighted by Crippen LogP contribution is 2.23. The van der Waals surface area contributed by atoms with Gasteiger partial charge in [-0.2, -0.15) is 9.90 Å². The molecule has 1 aromatic heterocycles. The van der Waals surface area contributed by atoms with Crippen molar-refractivity contribution in [3.05, 3.63) is 54.1 Å². The van der Waals surface area contributed by atoms with Crippen LogP contribution in [0.1, 0.15) is 12.5 Å². The number of aromatic hydroxyl groups is 1. The van der Waals surface area contributed by atoms with Crippen molar-refractivity contribution in [2.24, 2.45) is 5.10 Å². The summed E-state index contributed by atoms with van der Waals surface area (Å²) in [6.07, 6.45) is 0. The number of aromatic nitrogens is 4. The maximum atomic E-state index is 12.1. The van der Waals surface area contributed by atoms with Crippen molar-refractivity contribution in [3.8, 4) is 22.9 Å². The Balaban J connectivity index is 1.62. The summed E-state index contributed by atoms with van der Waals surface area (Å²) in [7, 11) is 1.51. The third kappa shape index (κ3) is 4.46. The molecule has 0 atom stereocenters. The summed E-state index contributed by atoms with van der Waals surface area (Å²) in [5, 5.41) is 26.0. The molecule has 0 fully saturated rings. The molecule has 138 valence electrons. The van der Waals surface area contributed by atoms with Crippen LogP contribution in [0, 0.1) is 0 Å². The van der Waals surface area contributed by atoms with Crippen LogP contribution in [-0.4, -0.2) is 44.0 Å². The maximum absolute atomic E-state index is 12.1. The molecule has 0 saturated carbocycles. The van der Waals surface area contributed by atoms with E-state index in [0.29, 0.717) is 22.8 Å². The lowest BCUT2D eigenvalue weighted by Gasteiger charge is -2.07. The van der Waals surface area contributed by atoms with Gasteiger partial charge >= 0.3 is 0 Å². The zero-order valence-corrected chi connectivity index (χ0v) is 14.8. The van der Waals surface area contributed by atoms with E-state index in [1.54, 1.807) is 19.1 Å². The van der Waals surface area contributed by atoms with Gasteiger partial charge in [-0.25, -0.2) is 5.43 Å². The molecule has 0 radical (unpaired) electrons. The number of hydrogen-bond donors (Lipinski definition) is 2. The second-order valence-electron chi connectivity index (χ2n) is 5.62. The Morgan fingerprint density at radius 2 is 2.04 bits per heavy atom. The molecule has 0 aliphatic rings. The van der Waals surface area contributed by atoms with Crippen molar-refractivity contribution in [2.45, 2.75) is 13.5 Å². The standard InChI is InChI=1S/C18H18N6O3/c1-12(15-9-8-14(27-2)10-16(15)25)19-20-17(26)11-24-22-18(21-23-24)13-6-4-3-5-7-13/h3-10,25H,11H2,1-2H3,(H,20,26). The molecule has 0 unspecified atom stereocenters. The van der Waals surface area contributed by atoms with Crippen LogP contribution in [0.4, 0.5) is 0 Å². The van der Waals surface area contributed by atoms with Crippen LogP contribution >= 0.6 is 0 Å². The highest BCUT2D eigenvalue weighted by atomic mass is 16.5. The van der Waals surface area contributed by atoms with Crippen LogP contribution in [0.5, 0.6) is 11.5 Å². The lowest BCUT2D eigenvalue weighted by molar-refractivity contribution is -0.122. The molecule has 0 aliphatic heterocycles. The van der Waals surface area contributed by atoms with Crippen molar-refractivity contribution < 1.29 is 14.6 Å². The smallest absolute Gasteiger partial charge is 0.263 e. The molecule has 1 heterocycles. The van der Waals surface area contributed by atoms with E-state index in [-0.39, 0.29) is 12.3 Å². The molecular formula is C18H18N6O3. The molecule has 0 bridgehead atoms. The van der Waals surface area contributed by atoms with Gasteiger partial charge < -0.3 is 9.84 Å². The maximum Gasteiger partial charge on any atom is 0.263 e. The summed E-state index contributed by atoms with van der Waals surface area (Å²) in [4.78, 5) is 13.2. The van der Waals surface area contributed by atoms with E-state index in [0.717, 1.165) is 5.56 Å². The fourth-order valence-corrected chi connectivity index (χ4v) is 2.33. The fourth-order valence-electron chi connectivity index (χ4n) is 2.33. The number of carbonyl (C=O) groups is 1. The van der Waals surface area contributed by atoms with Gasteiger partial charge in [0.15, 0.2) is 0 Å². The Kier molecular flexibility index (Phi) is 5.41. The van der Waals surface area contributed by atoms with Gasteiger partial charge in [-0.1, -0.05) is 30.3 Å². The largest absolute Gasteiger partial charge is 0.507 e. The summed E-state index contributed by atoms with van der Waals surface area (Å²) in [5.74, 6) is 0.556. The number of ether oxygens (including phenoxy) is 1. The molecule has 0 saturated heterocycles. The number of phenolic OH excluding ortho intramolecular Hbond substituents is 1. The molecule has 9 heteroatoms. The quantitative estimate of drug-likeness (QED) is 0.506. The van der Waals surface area contributed by atoms with E-state index in [1.165, 1.54) is 18.0 Å². The number of hydrogen-bond acceptors (Lipinski definition) is 7. The summed E-state index contributed by atoms with van der Waals surface area (Å²) >= 11 is 0. The van der Waals surface area contributed by atoms with Crippen LogP contribution in [0.15, 0.2) is 53.6 Å². The van der Waals surface area contributed by atoms with Crippen LogP contribution in [0.2, 0.25) is 0 Å². The van der Waals surface area contributed by atoms with Crippen LogP contribution in [0.25, 0.3) is 11.4 Å². The van der Waals surface area contributed by atoms with Crippen molar-refractivity contribution in [1.82, 2.24) is 25.6 Å². The van der Waals surface area contributed by atoms with Gasteiger partial charge in [0.1, 0.15) is 18.0 Å². The summed E-state index contributed by atoms with van der Waals surface area (Å²) in [6, 6.07) is 14.2. The van der Waals surface area contributed by atoms with Gasteiger partial charge in [0.25, 0.3) is 5.91 Å². The van der Waals surface area contributed by atoms with E-state index in [2.05, 4.69) is 25.9 Å². The second kappa shape index (κ2) is 8.09. The summed E-state index contributed by atoms with van der Waals surface area (Å²) in [6.45, 7) is 1.54. The van der Waals surface area contributed by atoms with Gasteiger partial charge in [-0.15, -0.1) is 10.2 Å². The first kappa shape index (κ1) is 18.1. The third-order valence-electron chi connectivity index (χ3n) is 3.71. The highest BCUT2D eigenvalue weighted by molar-refractivity contribution is 6.01. The number of benzene rings is 2. The second-order valence-corrected chi connectivity index (χ2v) is 5.62. The van der Waals surface area contributed by atoms with E-state index in [4.69, 9.17) is 4.74 Å². The van der Waals surface area contributed by atoms with Gasteiger partial charge in [0, 0.05) is 17.2 Å². The average Bonchev–Trinajstić information content (AvgIpc) is 3.15. The molecule has 3 aromatic rings. The first-order valence-corrected chi connectivity index (χ1v) is 8.10. The van der Waals surface area contributed by atoms with E-state index < -0.39 is 5.91 Å². The predicted octanol–water partition coefficient (Wildman–Crippen LogP) is 1.59. The number of carbonyl (C=O) groups excluding carboxylic acids is 1. The Morgan fingerprint density at radius 1 is 1.26 bits per heavy atom. The topological polar surface area (TPSA) is 115 Å². The molecular weight excluding hydrogens is 348 g/mol. The van der Waals surface area contributed by atoms with E-state index in [1.807, 2.05) is 30.3 Å². The Labute approximate surface area is 155 Å². The van der Waals surface area contributed by atoms with Crippen LogP contribution < -0.4 is 10.2 Å². The number of nitrogens with one attached hydrogen (secondary N) is 1. The average molecular weight is 366 g/mol. The number of rotatable bonds is 6. The molecule has 2 N–H and O–H groups in total. The van der Waals surface area contributed by atoms with Gasteiger partial charge in [0.2, 0.25) is 5.82 Å². The molecule has 9 nitrogen and oxygen atoms in total. The fraction of sp³-hybridized carbons (Fsp3) is 0.167. The van der Waals surface area contributed by atoms with Gasteiger partial charge in [0.05, 0.1) is 12.8 Å². The minimum atomic E-state index is -0.417. The number of methoxy groups -OCH3 is 1. The van der Waals surface area contributed by atoms with Gasteiger partial charge in [-0.3, -0.25) is 4.79 Å². The highest BCUT2D eigenvalue weighted by Gasteiger charge is 2.10.